The topological polar surface area (TPSA) is 96.5 Å². The van der Waals surface area contributed by atoms with Crippen molar-refractivity contribution in [2.45, 2.75) is 32.6 Å². The first-order valence-electron chi connectivity index (χ1n) is 9.66. The SMILES string of the molecule is CCOC(=O)CCC(=O)NC(=S)Nc1cccc(NC(=O)CCc2ccccc2)c1. The summed E-state index contributed by atoms with van der Waals surface area (Å²) in [4.78, 5) is 35.3. The Bertz CT molecular complexity index is 887. The molecule has 0 aromatic heterocycles. The Kier molecular flexibility index (Phi) is 9.47. The molecule has 0 saturated carbocycles. The molecule has 0 fully saturated rings. The van der Waals surface area contributed by atoms with Crippen LogP contribution in [0, 0.1) is 0 Å². The molecule has 0 radical (unpaired) electrons. The highest BCUT2D eigenvalue weighted by Gasteiger charge is 2.10. The molecule has 0 atom stereocenters. The highest BCUT2D eigenvalue weighted by molar-refractivity contribution is 7.80. The third-order valence-electron chi connectivity index (χ3n) is 4.00. The van der Waals surface area contributed by atoms with E-state index in [1.165, 1.54) is 0 Å². The number of hydrogen-bond acceptors (Lipinski definition) is 5. The highest BCUT2D eigenvalue weighted by Crippen LogP contribution is 2.16. The van der Waals surface area contributed by atoms with Gasteiger partial charge < -0.3 is 20.7 Å². The number of esters is 1. The molecule has 0 saturated heterocycles. The van der Waals surface area contributed by atoms with Gasteiger partial charge >= 0.3 is 5.97 Å². The van der Waals surface area contributed by atoms with Crippen LogP contribution in [0.2, 0.25) is 0 Å². The molecule has 7 nitrogen and oxygen atoms in total. The molecule has 0 unspecified atom stereocenters. The van der Waals surface area contributed by atoms with Gasteiger partial charge in [-0.2, -0.15) is 0 Å². The number of thiocarbonyl (C=S) groups is 1. The fourth-order valence-electron chi connectivity index (χ4n) is 2.60. The zero-order chi connectivity index (χ0) is 21.8. The summed E-state index contributed by atoms with van der Waals surface area (Å²) >= 11 is 5.12. The molecule has 0 spiro atoms. The standard InChI is InChI=1S/C22H25N3O4S/c1-2-29-21(28)14-13-20(27)25-22(30)24-18-10-6-9-17(15-18)23-19(26)12-11-16-7-4-3-5-8-16/h3-10,15H,2,11-14H2,1H3,(H,23,26)(H2,24,25,27,30). The summed E-state index contributed by atoms with van der Waals surface area (Å²) < 4.78 is 4.78. The van der Waals surface area contributed by atoms with Crippen LogP contribution >= 0.6 is 12.2 Å². The Balaban J connectivity index is 1.78. The van der Waals surface area contributed by atoms with Crippen LogP contribution < -0.4 is 16.0 Å². The number of ether oxygens (including phenoxy) is 1. The third-order valence-corrected chi connectivity index (χ3v) is 4.21. The number of amides is 2. The van der Waals surface area contributed by atoms with Crippen LogP contribution in [0.5, 0.6) is 0 Å². The van der Waals surface area contributed by atoms with E-state index in [1.807, 2.05) is 30.3 Å². The first-order chi connectivity index (χ1) is 14.5. The van der Waals surface area contributed by atoms with Gasteiger partial charge in [0.25, 0.3) is 0 Å². The van der Waals surface area contributed by atoms with Crippen molar-refractivity contribution < 1.29 is 19.1 Å². The van der Waals surface area contributed by atoms with Crippen molar-refractivity contribution in [3.8, 4) is 0 Å². The highest BCUT2D eigenvalue weighted by atomic mass is 32.1. The second-order valence-electron chi connectivity index (χ2n) is 6.42. The minimum absolute atomic E-state index is 0.00716. The van der Waals surface area contributed by atoms with Crippen LogP contribution in [-0.4, -0.2) is 29.5 Å². The van der Waals surface area contributed by atoms with Crippen LogP contribution in [0.15, 0.2) is 54.6 Å². The number of rotatable bonds is 9. The molecule has 158 valence electrons. The molecule has 2 rings (SSSR count). The predicted molar refractivity (Wildman–Crippen MR) is 120 cm³/mol. The van der Waals surface area contributed by atoms with E-state index in [2.05, 4.69) is 16.0 Å². The molecule has 30 heavy (non-hydrogen) atoms. The van der Waals surface area contributed by atoms with Crippen LogP contribution in [-0.2, 0) is 25.5 Å². The van der Waals surface area contributed by atoms with E-state index in [9.17, 15) is 14.4 Å². The molecule has 0 bridgehead atoms. The quantitative estimate of drug-likeness (QED) is 0.419. The summed E-state index contributed by atoms with van der Waals surface area (Å²) in [5.41, 5.74) is 2.34. The Labute approximate surface area is 181 Å². The maximum atomic E-state index is 12.2. The van der Waals surface area contributed by atoms with Crippen molar-refractivity contribution in [3.63, 3.8) is 0 Å². The molecule has 8 heteroatoms. The fourth-order valence-corrected chi connectivity index (χ4v) is 2.83. The van der Waals surface area contributed by atoms with Crippen LogP contribution in [0.3, 0.4) is 0 Å². The number of carbonyl (C=O) groups is 3. The summed E-state index contributed by atoms with van der Waals surface area (Å²) in [6.07, 6.45) is 1.01. The smallest absolute Gasteiger partial charge is 0.306 e. The largest absolute Gasteiger partial charge is 0.466 e. The third kappa shape index (κ3) is 8.83. The Morgan fingerprint density at radius 3 is 2.27 bits per heavy atom. The number of nitrogens with one attached hydrogen (secondary N) is 3. The second-order valence-corrected chi connectivity index (χ2v) is 6.83. The Hall–Kier alpha value is -3.26. The lowest BCUT2D eigenvalue weighted by atomic mass is 10.1. The van der Waals surface area contributed by atoms with Gasteiger partial charge in [-0.3, -0.25) is 14.4 Å². The van der Waals surface area contributed by atoms with Gasteiger partial charge in [-0.15, -0.1) is 0 Å². The lowest BCUT2D eigenvalue weighted by Gasteiger charge is -2.11. The van der Waals surface area contributed by atoms with Gasteiger partial charge in [0.1, 0.15) is 0 Å². The number of hydrogen-bond donors (Lipinski definition) is 3. The number of carbonyl (C=O) groups excluding carboxylic acids is 3. The maximum absolute atomic E-state index is 12.2. The van der Waals surface area contributed by atoms with E-state index in [0.29, 0.717) is 24.2 Å². The Morgan fingerprint density at radius 2 is 1.57 bits per heavy atom. The van der Waals surface area contributed by atoms with Crippen molar-refractivity contribution in [1.82, 2.24) is 5.32 Å². The molecule has 0 aliphatic rings. The molecule has 3 N–H and O–H groups in total. The van der Waals surface area contributed by atoms with Gasteiger partial charge in [0, 0.05) is 24.2 Å². The van der Waals surface area contributed by atoms with E-state index in [0.717, 1.165) is 5.56 Å². The van der Waals surface area contributed by atoms with Crippen molar-refractivity contribution in [2.24, 2.45) is 0 Å². The van der Waals surface area contributed by atoms with Gasteiger partial charge in [0.05, 0.1) is 13.0 Å². The van der Waals surface area contributed by atoms with E-state index in [-0.39, 0.29) is 36.4 Å². The van der Waals surface area contributed by atoms with Gasteiger partial charge in [0.2, 0.25) is 11.8 Å². The van der Waals surface area contributed by atoms with Crippen molar-refractivity contribution in [3.05, 3.63) is 60.2 Å². The number of benzene rings is 2. The van der Waals surface area contributed by atoms with Crippen LogP contribution in [0.4, 0.5) is 11.4 Å². The van der Waals surface area contributed by atoms with E-state index >= 15 is 0 Å². The molecule has 2 aromatic rings. The maximum Gasteiger partial charge on any atom is 0.306 e. The predicted octanol–water partition coefficient (Wildman–Crippen LogP) is 3.41. The van der Waals surface area contributed by atoms with Crippen molar-refractivity contribution in [2.75, 3.05) is 17.2 Å². The second kappa shape index (κ2) is 12.3. The lowest BCUT2D eigenvalue weighted by molar-refractivity contribution is -0.144. The van der Waals surface area contributed by atoms with Gasteiger partial charge in [0.15, 0.2) is 5.11 Å². The fraction of sp³-hybridized carbons (Fsp3) is 0.273. The summed E-state index contributed by atoms with van der Waals surface area (Å²) in [6.45, 7) is 1.98. The molecule has 2 aromatic carbocycles. The van der Waals surface area contributed by atoms with Crippen molar-refractivity contribution >= 4 is 46.5 Å². The van der Waals surface area contributed by atoms with Gasteiger partial charge in [-0.05, 0) is 49.3 Å². The summed E-state index contributed by atoms with van der Waals surface area (Å²) in [6, 6.07) is 16.8. The average Bonchev–Trinajstić information content (AvgIpc) is 2.72. The Morgan fingerprint density at radius 1 is 0.867 bits per heavy atom. The minimum Gasteiger partial charge on any atom is -0.466 e. The number of anilines is 2. The van der Waals surface area contributed by atoms with E-state index in [4.69, 9.17) is 17.0 Å². The number of aryl methyl sites for hydroxylation is 1. The zero-order valence-corrected chi connectivity index (χ0v) is 17.6. The van der Waals surface area contributed by atoms with Crippen LogP contribution in [0.25, 0.3) is 0 Å². The van der Waals surface area contributed by atoms with Gasteiger partial charge in [-0.1, -0.05) is 36.4 Å². The van der Waals surface area contributed by atoms with E-state index in [1.54, 1.807) is 31.2 Å². The van der Waals surface area contributed by atoms with Gasteiger partial charge in [-0.25, -0.2) is 0 Å². The zero-order valence-electron chi connectivity index (χ0n) is 16.8. The monoisotopic (exact) mass is 427 g/mol. The molecular formula is C22H25N3O4S. The lowest BCUT2D eigenvalue weighted by Crippen LogP contribution is -2.34. The molecule has 2 amide bonds. The van der Waals surface area contributed by atoms with Crippen molar-refractivity contribution in [1.29, 1.82) is 0 Å². The van der Waals surface area contributed by atoms with E-state index < -0.39 is 5.97 Å². The normalized spacial score (nSPS) is 10.0. The molecule has 0 heterocycles. The van der Waals surface area contributed by atoms with Crippen LogP contribution in [0.1, 0.15) is 31.7 Å². The first-order valence-corrected chi connectivity index (χ1v) is 10.1. The molecule has 0 aliphatic carbocycles. The molecule has 0 aliphatic heterocycles. The molecular weight excluding hydrogens is 402 g/mol. The summed E-state index contributed by atoms with van der Waals surface area (Å²) in [5.74, 6) is -0.904. The average molecular weight is 428 g/mol. The first kappa shape index (κ1) is 23.0. The summed E-state index contributed by atoms with van der Waals surface area (Å²) in [5, 5.41) is 8.36. The minimum atomic E-state index is -0.428. The summed E-state index contributed by atoms with van der Waals surface area (Å²) in [7, 11) is 0.